The number of halogens is 3. The molecule has 0 saturated carbocycles. The van der Waals surface area contributed by atoms with E-state index in [0.717, 1.165) is 5.69 Å². The van der Waals surface area contributed by atoms with E-state index in [1.54, 1.807) is 13.0 Å². The van der Waals surface area contributed by atoms with Gasteiger partial charge in [0.25, 0.3) is 0 Å². The molecule has 1 fully saturated rings. The van der Waals surface area contributed by atoms with Crippen molar-refractivity contribution in [3.05, 3.63) is 58.1 Å². The molecule has 3 rings (SSSR count). The number of nitrogens with one attached hydrogen (secondary N) is 1. The Balaban J connectivity index is 1.72. The van der Waals surface area contributed by atoms with Gasteiger partial charge in [0.2, 0.25) is 5.91 Å². The largest absolute Gasteiger partial charge is 0.372 e. The maximum Gasteiger partial charge on any atom is 0.224 e. The number of aryl methyl sites for hydroxylation is 1. The second kappa shape index (κ2) is 9.53. The quantitative estimate of drug-likeness (QED) is 0.596. The van der Waals surface area contributed by atoms with E-state index >= 15 is 0 Å². The summed E-state index contributed by atoms with van der Waals surface area (Å²) in [5.41, 5.74) is 2.13. The molecule has 1 N–H and O–H groups in total. The Morgan fingerprint density at radius 3 is 2.58 bits per heavy atom. The van der Waals surface area contributed by atoms with Crippen molar-refractivity contribution in [2.75, 3.05) is 29.9 Å². The predicted octanol–water partition coefficient (Wildman–Crippen LogP) is 6.27. The first kappa shape index (κ1) is 23.5. The molecule has 0 radical (unpaired) electrons. The molecule has 0 bridgehead atoms. The molecule has 0 spiro atoms. The van der Waals surface area contributed by atoms with Gasteiger partial charge >= 0.3 is 0 Å². The van der Waals surface area contributed by atoms with E-state index in [0.29, 0.717) is 48.7 Å². The van der Waals surface area contributed by atoms with E-state index < -0.39 is 11.6 Å². The van der Waals surface area contributed by atoms with E-state index in [2.05, 4.69) is 5.32 Å². The summed E-state index contributed by atoms with van der Waals surface area (Å²) in [6, 6.07) is 7.73. The molecule has 1 aliphatic rings. The number of hydrogen-bond donors (Lipinski definition) is 1. The molecular weight excluding hydrogens is 422 g/mol. The van der Waals surface area contributed by atoms with Gasteiger partial charge in [0, 0.05) is 30.2 Å². The summed E-state index contributed by atoms with van der Waals surface area (Å²) in [7, 11) is 0. The van der Waals surface area contributed by atoms with Gasteiger partial charge in [-0.25, -0.2) is 8.78 Å². The fourth-order valence-corrected chi connectivity index (χ4v) is 4.02. The molecule has 31 heavy (non-hydrogen) atoms. The van der Waals surface area contributed by atoms with E-state index in [1.807, 2.05) is 31.7 Å². The molecule has 168 valence electrons. The molecule has 1 aliphatic heterocycles. The van der Waals surface area contributed by atoms with Crippen molar-refractivity contribution in [1.29, 1.82) is 0 Å². The lowest BCUT2D eigenvalue weighted by atomic mass is 9.92. The third kappa shape index (κ3) is 6.40. The summed E-state index contributed by atoms with van der Waals surface area (Å²) in [5.74, 6) is -1.06. The average Bonchev–Trinajstić information content (AvgIpc) is 2.88. The number of nitrogens with zero attached hydrogens (tertiary/aromatic N) is 1. The second-order valence-corrected chi connectivity index (χ2v) is 9.68. The van der Waals surface area contributed by atoms with Crippen LogP contribution in [-0.4, -0.2) is 25.6 Å². The summed E-state index contributed by atoms with van der Waals surface area (Å²) >= 11 is 5.98. The number of ether oxygens (including phenoxy) is 1. The molecule has 2 aromatic rings. The Labute approximate surface area is 187 Å². The molecule has 1 saturated heterocycles. The zero-order valence-electron chi connectivity index (χ0n) is 18.4. The highest BCUT2D eigenvalue weighted by molar-refractivity contribution is 6.30. The van der Waals surface area contributed by atoms with Gasteiger partial charge in [-0.05, 0) is 60.2 Å². The second-order valence-electron chi connectivity index (χ2n) is 9.24. The maximum atomic E-state index is 14.9. The van der Waals surface area contributed by atoms with Crippen LogP contribution in [0.4, 0.5) is 20.2 Å². The first-order valence-electron chi connectivity index (χ1n) is 10.4. The Morgan fingerprint density at radius 2 is 1.94 bits per heavy atom. The van der Waals surface area contributed by atoms with Gasteiger partial charge in [-0.1, -0.05) is 32.4 Å². The topological polar surface area (TPSA) is 41.6 Å². The van der Waals surface area contributed by atoms with Crippen molar-refractivity contribution in [2.24, 2.45) is 5.41 Å². The van der Waals surface area contributed by atoms with Crippen molar-refractivity contribution in [1.82, 2.24) is 0 Å². The van der Waals surface area contributed by atoms with Crippen LogP contribution in [0.15, 0.2) is 30.3 Å². The van der Waals surface area contributed by atoms with E-state index in [-0.39, 0.29) is 23.1 Å². The number of carbonyl (C=O) groups excluding carboxylic acids is 1. The summed E-state index contributed by atoms with van der Waals surface area (Å²) < 4.78 is 34.5. The highest BCUT2D eigenvalue weighted by Gasteiger charge is 2.23. The number of anilines is 2. The van der Waals surface area contributed by atoms with Gasteiger partial charge in [-0.15, -0.1) is 0 Å². The predicted molar refractivity (Wildman–Crippen MR) is 121 cm³/mol. The molecule has 1 atom stereocenters. The number of rotatable bonds is 4. The van der Waals surface area contributed by atoms with Crippen LogP contribution in [0.3, 0.4) is 0 Å². The van der Waals surface area contributed by atoms with Gasteiger partial charge < -0.3 is 15.0 Å². The van der Waals surface area contributed by atoms with Crippen molar-refractivity contribution in [2.45, 2.75) is 46.6 Å². The molecular formula is C24H29ClF2N2O2. The number of carbonyl (C=O) groups is 1. The van der Waals surface area contributed by atoms with Crippen molar-refractivity contribution >= 4 is 28.9 Å². The minimum atomic E-state index is -0.462. The molecule has 0 aromatic heterocycles. The Hall–Kier alpha value is -2.18. The monoisotopic (exact) mass is 450 g/mol. The zero-order valence-corrected chi connectivity index (χ0v) is 19.2. The van der Waals surface area contributed by atoms with Crippen molar-refractivity contribution in [3.63, 3.8) is 0 Å². The van der Waals surface area contributed by atoms with Crippen LogP contribution in [0.5, 0.6) is 0 Å². The highest BCUT2D eigenvalue weighted by atomic mass is 35.5. The molecule has 0 aliphatic carbocycles. The van der Waals surface area contributed by atoms with Crippen LogP contribution >= 0.6 is 11.6 Å². The molecule has 2 aromatic carbocycles. The SMILES string of the molecule is Cc1cc(N2CCO[C@H](c3cc(F)cc(Cl)c3)CC2)cc(F)c1NC(=O)CC(C)(C)C. The standard InChI is InChI=1S/C24H29ClF2N2O2/c1-15-9-19(13-20(27)23(15)28-22(30)14-24(2,3)4)29-6-5-21(31-8-7-29)16-10-17(25)12-18(26)11-16/h9-13,21H,5-8,14H2,1-4H3,(H,28,30)/t21-/m0/s1. The fraction of sp³-hybridized carbons (Fsp3) is 0.458. The first-order valence-corrected chi connectivity index (χ1v) is 10.8. The van der Waals surface area contributed by atoms with E-state index in [4.69, 9.17) is 16.3 Å². The normalized spacial score (nSPS) is 17.4. The smallest absolute Gasteiger partial charge is 0.224 e. The van der Waals surface area contributed by atoms with Gasteiger partial charge in [-0.3, -0.25) is 4.79 Å². The van der Waals surface area contributed by atoms with Gasteiger partial charge in [-0.2, -0.15) is 0 Å². The first-order chi connectivity index (χ1) is 14.5. The Morgan fingerprint density at radius 1 is 1.19 bits per heavy atom. The lowest BCUT2D eigenvalue weighted by Crippen LogP contribution is -2.26. The Bertz CT molecular complexity index is 916. The number of hydrogen-bond acceptors (Lipinski definition) is 3. The van der Waals surface area contributed by atoms with Gasteiger partial charge in [0.15, 0.2) is 0 Å². The third-order valence-electron chi connectivity index (χ3n) is 5.19. The summed E-state index contributed by atoms with van der Waals surface area (Å²) in [5, 5.41) is 3.05. The van der Waals surface area contributed by atoms with Gasteiger partial charge in [0.05, 0.1) is 18.4 Å². The molecule has 1 heterocycles. The minimum absolute atomic E-state index is 0.178. The van der Waals surface area contributed by atoms with Crippen LogP contribution in [0.25, 0.3) is 0 Å². The lowest BCUT2D eigenvalue weighted by molar-refractivity contribution is -0.117. The average molecular weight is 451 g/mol. The summed E-state index contributed by atoms with van der Waals surface area (Å²) in [6.07, 6.45) is 0.646. The molecule has 7 heteroatoms. The van der Waals surface area contributed by atoms with Crippen LogP contribution in [0, 0.1) is 24.0 Å². The minimum Gasteiger partial charge on any atom is -0.372 e. The van der Waals surface area contributed by atoms with Crippen LogP contribution in [0.2, 0.25) is 5.02 Å². The maximum absolute atomic E-state index is 14.9. The van der Waals surface area contributed by atoms with Crippen LogP contribution in [-0.2, 0) is 9.53 Å². The number of benzene rings is 2. The van der Waals surface area contributed by atoms with Crippen molar-refractivity contribution < 1.29 is 18.3 Å². The molecule has 0 unspecified atom stereocenters. The number of amides is 1. The third-order valence-corrected chi connectivity index (χ3v) is 5.41. The lowest BCUT2D eigenvalue weighted by Gasteiger charge is -2.24. The fourth-order valence-electron chi connectivity index (χ4n) is 3.79. The molecule has 4 nitrogen and oxygen atoms in total. The van der Waals surface area contributed by atoms with Crippen LogP contribution < -0.4 is 10.2 Å². The Kier molecular flexibility index (Phi) is 7.22. The summed E-state index contributed by atoms with van der Waals surface area (Å²) in [6.45, 7) is 9.29. The van der Waals surface area contributed by atoms with E-state index in [1.165, 1.54) is 18.2 Å². The molecule has 1 amide bonds. The van der Waals surface area contributed by atoms with Crippen molar-refractivity contribution in [3.8, 4) is 0 Å². The summed E-state index contributed by atoms with van der Waals surface area (Å²) in [4.78, 5) is 14.3. The van der Waals surface area contributed by atoms with E-state index in [9.17, 15) is 13.6 Å². The zero-order chi connectivity index (χ0) is 22.8. The van der Waals surface area contributed by atoms with Crippen LogP contribution in [0.1, 0.15) is 50.8 Å². The van der Waals surface area contributed by atoms with Gasteiger partial charge in [0.1, 0.15) is 11.6 Å². The highest BCUT2D eigenvalue weighted by Crippen LogP contribution is 2.31.